The van der Waals surface area contributed by atoms with Gasteiger partial charge in [-0.2, -0.15) is 4.31 Å². The van der Waals surface area contributed by atoms with Crippen molar-refractivity contribution >= 4 is 45.0 Å². The number of morpholine rings is 1. The number of hydrogen-bond donors (Lipinski definition) is 1. The van der Waals surface area contributed by atoms with Crippen LogP contribution < -0.4 is 10.2 Å². The molecule has 0 bridgehead atoms. The predicted octanol–water partition coefficient (Wildman–Crippen LogP) is 1.95. The Balaban J connectivity index is 1.67. The van der Waals surface area contributed by atoms with Gasteiger partial charge in [-0.1, -0.05) is 13.8 Å². The molecule has 3 aliphatic rings. The number of anilines is 2. The van der Waals surface area contributed by atoms with E-state index in [1.54, 1.807) is 48.7 Å². The van der Waals surface area contributed by atoms with Crippen LogP contribution in [0.25, 0.3) is 0 Å². The number of rotatable bonds is 7. The van der Waals surface area contributed by atoms with Gasteiger partial charge in [-0.25, -0.2) is 8.42 Å². The highest BCUT2D eigenvalue weighted by atomic mass is 32.2. The molecule has 3 heterocycles. The lowest BCUT2D eigenvalue weighted by Gasteiger charge is -2.32. The van der Waals surface area contributed by atoms with Gasteiger partial charge in [0, 0.05) is 38.4 Å². The van der Waals surface area contributed by atoms with Crippen LogP contribution in [0, 0.1) is 0 Å². The molecule has 33 heavy (non-hydrogen) atoms. The number of fused-ring (bicyclic) bond motifs is 1. The number of amides is 2. The maximum atomic E-state index is 13.4. The van der Waals surface area contributed by atoms with Gasteiger partial charge >= 0.3 is 0 Å². The van der Waals surface area contributed by atoms with Gasteiger partial charge in [-0.3, -0.25) is 9.59 Å². The first kappa shape index (κ1) is 24.3. The fourth-order valence-electron chi connectivity index (χ4n) is 4.80. The number of carbonyl (C=O) groups is 2. The Morgan fingerprint density at radius 3 is 2.64 bits per heavy atom. The molecule has 0 unspecified atom stereocenters. The second-order valence-electron chi connectivity index (χ2n) is 8.62. The molecule has 9 nitrogen and oxygen atoms in total. The van der Waals surface area contributed by atoms with E-state index in [4.69, 9.17) is 4.74 Å². The lowest BCUT2D eigenvalue weighted by Crippen LogP contribution is -2.48. The molecule has 0 aromatic heterocycles. The number of nitrogens with zero attached hydrogens (tertiary/aromatic N) is 3. The molecule has 3 aliphatic heterocycles. The van der Waals surface area contributed by atoms with Gasteiger partial charge in [0.05, 0.1) is 34.4 Å². The number of carbonyl (C=O) groups excluding carboxylic acids is 2. The second-order valence-corrected chi connectivity index (χ2v) is 12.1. The van der Waals surface area contributed by atoms with E-state index < -0.39 is 16.1 Å². The smallest absolute Gasteiger partial charge is 0.248 e. The lowest BCUT2D eigenvalue weighted by atomic mass is 10.2. The highest BCUT2D eigenvalue weighted by Gasteiger charge is 2.53. The lowest BCUT2D eigenvalue weighted by molar-refractivity contribution is -0.135. The molecule has 182 valence electrons. The van der Waals surface area contributed by atoms with Gasteiger partial charge in [-0.15, -0.1) is 11.8 Å². The van der Waals surface area contributed by atoms with Crippen LogP contribution in [0.1, 0.15) is 33.6 Å². The maximum absolute atomic E-state index is 13.4. The Labute approximate surface area is 199 Å². The summed E-state index contributed by atoms with van der Waals surface area (Å²) in [6, 6.07) is 4.33. The minimum absolute atomic E-state index is 0.00563. The van der Waals surface area contributed by atoms with Crippen LogP contribution in [0.3, 0.4) is 0 Å². The summed E-state index contributed by atoms with van der Waals surface area (Å²) in [6.07, 6.45) is 1.18. The van der Waals surface area contributed by atoms with Crippen LogP contribution in [0.2, 0.25) is 0 Å². The zero-order chi connectivity index (χ0) is 23.8. The Bertz CT molecular complexity index is 1020. The van der Waals surface area contributed by atoms with Crippen LogP contribution in [0.4, 0.5) is 11.4 Å². The van der Waals surface area contributed by atoms with E-state index in [0.717, 1.165) is 12.1 Å². The third-order valence-corrected chi connectivity index (χ3v) is 10.2. The molecule has 0 spiro atoms. The van der Waals surface area contributed by atoms with Crippen molar-refractivity contribution in [3.8, 4) is 0 Å². The number of benzene rings is 1. The molecule has 1 aromatic rings. The van der Waals surface area contributed by atoms with Crippen molar-refractivity contribution in [3.63, 3.8) is 0 Å². The highest BCUT2D eigenvalue weighted by Crippen LogP contribution is 2.47. The van der Waals surface area contributed by atoms with Crippen LogP contribution >= 0.6 is 11.8 Å². The van der Waals surface area contributed by atoms with E-state index in [-0.39, 0.29) is 21.6 Å². The normalized spacial score (nSPS) is 25.6. The topological polar surface area (TPSA) is 99.3 Å². The Hall–Kier alpha value is -1.82. The second kappa shape index (κ2) is 9.44. The number of hydrogen-bond acceptors (Lipinski definition) is 7. The van der Waals surface area contributed by atoms with Gasteiger partial charge in [0.2, 0.25) is 21.8 Å². The summed E-state index contributed by atoms with van der Waals surface area (Å²) in [6.45, 7) is 8.74. The molecule has 0 saturated carbocycles. The molecule has 1 aromatic carbocycles. The van der Waals surface area contributed by atoms with Crippen molar-refractivity contribution in [2.45, 2.75) is 49.4 Å². The first-order valence-electron chi connectivity index (χ1n) is 11.4. The fraction of sp³-hybridized carbons (Fsp3) is 0.636. The summed E-state index contributed by atoms with van der Waals surface area (Å²) in [5.41, 5.74) is 1.20. The first-order valence-corrected chi connectivity index (χ1v) is 13.9. The van der Waals surface area contributed by atoms with Gasteiger partial charge < -0.3 is 19.9 Å². The van der Waals surface area contributed by atoms with Crippen molar-refractivity contribution in [2.75, 3.05) is 55.4 Å². The Morgan fingerprint density at radius 2 is 1.97 bits per heavy atom. The van der Waals surface area contributed by atoms with E-state index in [1.165, 1.54) is 4.31 Å². The maximum Gasteiger partial charge on any atom is 0.248 e. The minimum atomic E-state index is -3.69. The molecular weight excluding hydrogens is 464 g/mol. The van der Waals surface area contributed by atoms with Gasteiger partial charge in [0.15, 0.2) is 0 Å². The van der Waals surface area contributed by atoms with E-state index in [1.807, 2.05) is 6.92 Å². The average molecular weight is 497 g/mol. The monoisotopic (exact) mass is 496 g/mol. The van der Waals surface area contributed by atoms with E-state index in [2.05, 4.69) is 10.2 Å². The summed E-state index contributed by atoms with van der Waals surface area (Å²) in [5, 5.41) is 2.98. The van der Waals surface area contributed by atoms with Crippen molar-refractivity contribution in [3.05, 3.63) is 18.2 Å². The minimum Gasteiger partial charge on any atom is -0.378 e. The van der Waals surface area contributed by atoms with Crippen molar-refractivity contribution in [1.82, 2.24) is 9.21 Å². The summed E-state index contributed by atoms with van der Waals surface area (Å²) in [7, 11) is -3.69. The molecule has 2 amide bonds. The summed E-state index contributed by atoms with van der Waals surface area (Å²) in [4.78, 5) is 29.4. The SMILES string of the molecule is CCN(CC)S(=O)(=O)c1ccc(N2CCOCC2)c(NC(=O)[C@@H]2CS[C@@]3(C)CCC(=O)N23)c1. The zero-order valence-corrected chi connectivity index (χ0v) is 21.0. The molecule has 1 N–H and O–H groups in total. The fourth-order valence-corrected chi connectivity index (χ4v) is 7.72. The van der Waals surface area contributed by atoms with Crippen molar-refractivity contribution < 1.29 is 22.7 Å². The predicted molar refractivity (Wildman–Crippen MR) is 129 cm³/mol. The van der Waals surface area contributed by atoms with Crippen LogP contribution in [-0.4, -0.2) is 85.5 Å². The van der Waals surface area contributed by atoms with E-state index in [9.17, 15) is 18.0 Å². The van der Waals surface area contributed by atoms with Gasteiger partial charge in [0.25, 0.3) is 0 Å². The molecule has 11 heteroatoms. The quantitative estimate of drug-likeness (QED) is 0.616. The third-order valence-electron chi connectivity index (χ3n) is 6.67. The molecular formula is C22H32N4O5S2. The summed E-state index contributed by atoms with van der Waals surface area (Å²) >= 11 is 1.63. The first-order chi connectivity index (χ1) is 15.7. The molecule has 0 radical (unpaired) electrons. The molecule has 3 saturated heterocycles. The summed E-state index contributed by atoms with van der Waals surface area (Å²) in [5.74, 6) is 0.237. The van der Waals surface area contributed by atoms with E-state index in [0.29, 0.717) is 57.3 Å². The standard InChI is InChI=1S/C22H32N4O5S2/c1-4-25(5-2)33(29,30)16-6-7-18(24-10-12-31-13-11-24)17(14-16)23-21(28)19-15-32-22(3)9-8-20(27)26(19)22/h6-7,14,19H,4-5,8-13,15H2,1-3H3,(H,23,28)/t19-,22-/m0/s1. The van der Waals surface area contributed by atoms with Crippen LogP contribution in [-0.2, 0) is 24.3 Å². The average Bonchev–Trinajstić information content (AvgIpc) is 3.30. The molecule has 3 fully saturated rings. The largest absolute Gasteiger partial charge is 0.378 e. The number of ether oxygens (including phenoxy) is 1. The van der Waals surface area contributed by atoms with Gasteiger partial charge in [0.1, 0.15) is 6.04 Å². The molecule has 4 rings (SSSR count). The van der Waals surface area contributed by atoms with Crippen molar-refractivity contribution in [2.24, 2.45) is 0 Å². The Kier molecular flexibility index (Phi) is 6.95. The molecule has 0 aliphatic carbocycles. The van der Waals surface area contributed by atoms with E-state index >= 15 is 0 Å². The zero-order valence-electron chi connectivity index (χ0n) is 19.4. The van der Waals surface area contributed by atoms with Crippen molar-refractivity contribution in [1.29, 1.82) is 0 Å². The molecule has 2 atom stereocenters. The third kappa shape index (κ3) is 4.48. The number of thioether (sulfide) groups is 1. The number of sulfonamides is 1. The number of nitrogens with one attached hydrogen (secondary N) is 1. The summed E-state index contributed by atoms with van der Waals surface area (Å²) < 4.78 is 33.1. The Morgan fingerprint density at radius 1 is 1.27 bits per heavy atom. The van der Waals surface area contributed by atoms with Crippen LogP contribution in [0.15, 0.2) is 23.1 Å². The van der Waals surface area contributed by atoms with Crippen LogP contribution in [0.5, 0.6) is 0 Å². The highest BCUT2D eigenvalue weighted by molar-refractivity contribution is 8.01. The van der Waals surface area contributed by atoms with Gasteiger partial charge in [-0.05, 0) is 31.5 Å².